The van der Waals surface area contributed by atoms with Gasteiger partial charge in [-0.2, -0.15) is 23.5 Å². The number of aliphatic hydroxyl groups excluding tert-OH is 1. The lowest BCUT2D eigenvalue weighted by Gasteiger charge is -2.21. The van der Waals surface area contributed by atoms with Crippen LogP contribution < -0.4 is 0 Å². The molecule has 0 aromatic heterocycles. The first kappa shape index (κ1) is 13.7. The van der Waals surface area contributed by atoms with Crippen LogP contribution in [0.15, 0.2) is 0 Å². The zero-order valence-corrected chi connectivity index (χ0v) is 10.8. The Morgan fingerprint density at radius 3 is 2.31 bits per heavy atom. The fourth-order valence-electron chi connectivity index (χ4n) is 1.11. The molecule has 0 heterocycles. The Morgan fingerprint density at radius 1 is 1.31 bits per heavy atom. The molecule has 80 valence electrons. The van der Waals surface area contributed by atoms with Crippen molar-refractivity contribution in [2.45, 2.75) is 50.2 Å². The predicted molar refractivity (Wildman–Crippen MR) is 65.8 cm³/mol. The second kappa shape index (κ2) is 8.01. The molecule has 0 fully saturated rings. The van der Waals surface area contributed by atoms with Crippen LogP contribution in [0, 0.1) is 0 Å². The van der Waals surface area contributed by atoms with Crippen molar-refractivity contribution in [3.8, 4) is 0 Å². The van der Waals surface area contributed by atoms with Gasteiger partial charge in [0.2, 0.25) is 0 Å². The molecule has 0 unspecified atom stereocenters. The summed E-state index contributed by atoms with van der Waals surface area (Å²) in [5.41, 5.74) is 0. The van der Waals surface area contributed by atoms with Crippen LogP contribution in [0.1, 0.15) is 33.6 Å². The highest BCUT2D eigenvalue weighted by Crippen LogP contribution is 2.22. The molecule has 0 radical (unpaired) electrons. The summed E-state index contributed by atoms with van der Waals surface area (Å²) in [6, 6.07) is 0. The molecule has 0 aromatic carbocycles. The van der Waals surface area contributed by atoms with E-state index in [1.54, 1.807) is 11.8 Å². The largest absolute Gasteiger partial charge is 0.392 e. The van der Waals surface area contributed by atoms with Gasteiger partial charge in [0, 0.05) is 11.0 Å². The molecule has 0 saturated carbocycles. The molecule has 0 aliphatic heterocycles. The summed E-state index contributed by atoms with van der Waals surface area (Å²) in [5.74, 6) is 1.07. The van der Waals surface area contributed by atoms with Crippen LogP contribution in [-0.2, 0) is 0 Å². The molecule has 3 heteroatoms. The quantitative estimate of drug-likeness (QED) is 0.715. The van der Waals surface area contributed by atoms with Crippen molar-refractivity contribution in [1.82, 2.24) is 0 Å². The van der Waals surface area contributed by atoms with Gasteiger partial charge in [-0.15, -0.1) is 0 Å². The average Bonchev–Trinajstić information content (AvgIpc) is 2.05. The first-order valence-electron chi connectivity index (χ1n) is 4.94. The Hall–Kier alpha value is 0.660. The SMILES string of the molecule is CCC[C@H](O)[C@@H](CSC(C)C)SC. The molecule has 0 aliphatic rings. The zero-order valence-electron chi connectivity index (χ0n) is 9.12. The first-order valence-corrected chi connectivity index (χ1v) is 7.27. The zero-order chi connectivity index (χ0) is 10.3. The van der Waals surface area contributed by atoms with E-state index in [9.17, 15) is 5.11 Å². The summed E-state index contributed by atoms with van der Waals surface area (Å²) in [6.07, 6.45) is 3.98. The number of hydrogen-bond donors (Lipinski definition) is 1. The molecule has 2 atom stereocenters. The smallest absolute Gasteiger partial charge is 0.0666 e. The van der Waals surface area contributed by atoms with Crippen molar-refractivity contribution < 1.29 is 5.11 Å². The highest BCUT2D eigenvalue weighted by molar-refractivity contribution is 8.03. The number of hydrogen-bond acceptors (Lipinski definition) is 3. The van der Waals surface area contributed by atoms with Gasteiger partial charge in [-0.25, -0.2) is 0 Å². The lowest BCUT2D eigenvalue weighted by molar-refractivity contribution is 0.166. The van der Waals surface area contributed by atoms with E-state index in [0.29, 0.717) is 10.5 Å². The number of aliphatic hydroxyl groups is 1. The van der Waals surface area contributed by atoms with Crippen molar-refractivity contribution in [1.29, 1.82) is 0 Å². The molecule has 0 bridgehead atoms. The minimum absolute atomic E-state index is 0.119. The van der Waals surface area contributed by atoms with Crippen molar-refractivity contribution in [2.24, 2.45) is 0 Å². The van der Waals surface area contributed by atoms with Crippen molar-refractivity contribution >= 4 is 23.5 Å². The summed E-state index contributed by atoms with van der Waals surface area (Å²) >= 11 is 3.73. The molecular formula is C10H22OS2. The van der Waals surface area contributed by atoms with Crippen molar-refractivity contribution in [3.63, 3.8) is 0 Å². The van der Waals surface area contributed by atoms with Gasteiger partial charge < -0.3 is 5.11 Å². The number of thioether (sulfide) groups is 2. The van der Waals surface area contributed by atoms with Gasteiger partial charge in [0.25, 0.3) is 0 Å². The fourth-order valence-corrected chi connectivity index (χ4v) is 3.13. The summed E-state index contributed by atoms with van der Waals surface area (Å²) in [7, 11) is 0. The molecule has 1 nitrogen and oxygen atoms in total. The number of rotatable bonds is 7. The van der Waals surface area contributed by atoms with Gasteiger partial charge in [0.1, 0.15) is 0 Å². The minimum Gasteiger partial charge on any atom is -0.392 e. The summed E-state index contributed by atoms with van der Waals surface area (Å²) < 4.78 is 0. The van der Waals surface area contributed by atoms with Gasteiger partial charge in [-0.3, -0.25) is 0 Å². The highest BCUT2D eigenvalue weighted by atomic mass is 32.2. The molecule has 1 N–H and O–H groups in total. The normalized spacial score (nSPS) is 16.2. The summed E-state index contributed by atoms with van der Waals surface area (Å²) in [5, 5.41) is 10.9. The van der Waals surface area contributed by atoms with Crippen LogP contribution in [-0.4, -0.2) is 33.7 Å². The third kappa shape index (κ3) is 6.69. The van der Waals surface area contributed by atoms with Crippen LogP contribution in [0.4, 0.5) is 0 Å². The third-order valence-corrected chi connectivity index (χ3v) is 4.43. The second-order valence-corrected chi connectivity index (χ2v) is 6.20. The van der Waals surface area contributed by atoms with E-state index in [2.05, 4.69) is 27.0 Å². The van der Waals surface area contributed by atoms with Crippen LogP contribution >= 0.6 is 23.5 Å². The maximum absolute atomic E-state index is 9.79. The molecule has 0 saturated heterocycles. The van der Waals surface area contributed by atoms with Gasteiger partial charge in [-0.05, 0) is 17.9 Å². The third-order valence-electron chi connectivity index (χ3n) is 1.91. The monoisotopic (exact) mass is 222 g/mol. The van der Waals surface area contributed by atoms with E-state index >= 15 is 0 Å². The molecular weight excluding hydrogens is 200 g/mol. The maximum atomic E-state index is 9.79. The van der Waals surface area contributed by atoms with Gasteiger partial charge in [0.15, 0.2) is 0 Å². The van der Waals surface area contributed by atoms with Crippen molar-refractivity contribution in [2.75, 3.05) is 12.0 Å². The Balaban J connectivity index is 3.73. The van der Waals surface area contributed by atoms with Crippen molar-refractivity contribution in [3.05, 3.63) is 0 Å². The Bertz CT molecular complexity index is 117. The van der Waals surface area contributed by atoms with E-state index in [-0.39, 0.29) is 6.10 Å². The lowest BCUT2D eigenvalue weighted by atomic mass is 10.1. The molecule has 0 spiro atoms. The van der Waals surface area contributed by atoms with E-state index in [1.165, 1.54) is 0 Å². The van der Waals surface area contributed by atoms with Crippen LogP contribution in [0.2, 0.25) is 0 Å². The lowest BCUT2D eigenvalue weighted by Crippen LogP contribution is -2.25. The fraction of sp³-hybridized carbons (Fsp3) is 1.00. The van der Waals surface area contributed by atoms with Crippen LogP contribution in [0.25, 0.3) is 0 Å². The summed E-state index contributed by atoms with van der Waals surface area (Å²) in [4.78, 5) is 0. The molecule has 13 heavy (non-hydrogen) atoms. The average molecular weight is 222 g/mol. The predicted octanol–water partition coefficient (Wildman–Crippen LogP) is 3.02. The topological polar surface area (TPSA) is 20.2 Å². The molecule has 0 aliphatic carbocycles. The van der Waals surface area contributed by atoms with E-state index in [1.807, 2.05) is 11.8 Å². The molecule has 0 rings (SSSR count). The van der Waals surface area contributed by atoms with E-state index < -0.39 is 0 Å². The van der Waals surface area contributed by atoms with Gasteiger partial charge in [-0.1, -0.05) is 27.2 Å². The van der Waals surface area contributed by atoms with Crippen LogP contribution in [0.5, 0.6) is 0 Å². The van der Waals surface area contributed by atoms with Crippen LogP contribution in [0.3, 0.4) is 0 Å². The Morgan fingerprint density at radius 2 is 1.92 bits per heavy atom. The molecule has 0 aromatic rings. The van der Waals surface area contributed by atoms with E-state index in [4.69, 9.17) is 0 Å². The second-order valence-electron chi connectivity index (χ2n) is 3.51. The standard InChI is InChI=1S/C10H22OS2/c1-5-6-9(11)10(12-4)7-13-8(2)3/h8-11H,5-7H2,1-4H3/t9-,10+/m0/s1. The van der Waals surface area contributed by atoms with Gasteiger partial charge >= 0.3 is 0 Å². The maximum Gasteiger partial charge on any atom is 0.0666 e. The summed E-state index contributed by atoms with van der Waals surface area (Å²) in [6.45, 7) is 6.53. The van der Waals surface area contributed by atoms with E-state index in [0.717, 1.165) is 18.6 Å². The Kier molecular flexibility index (Phi) is 8.42. The highest BCUT2D eigenvalue weighted by Gasteiger charge is 2.17. The Labute approximate surface area is 91.1 Å². The first-order chi connectivity index (χ1) is 6.11. The van der Waals surface area contributed by atoms with Gasteiger partial charge in [0.05, 0.1) is 6.10 Å². The molecule has 0 amide bonds. The minimum atomic E-state index is -0.119.